The van der Waals surface area contributed by atoms with Crippen LogP contribution in [0.25, 0.3) is 0 Å². The minimum atomic E-state index is -0.724. The maximum absolute atomic E-state index is 11.4. The zero-order valence-corrected chi connectivity index (χ0v) is 10.5. The number of nitrogens with two attached hydrogens (primary N) is 1. The molecule has 1 aromatic carbocycles. The lowest BCUT2D eigenvalue weighted by molar-refractivity contribution is -0.144. The summed E-state index contributed by atoms with van der Waals surface area (Å²) in [6.07, 6.45) is 0.323. The second-order valence-electron chi connectivity index (χ2n) is 3.75. The van der Waals surface area contributed by atoms with Gasteiger partial charge in [0.1, 0.15) is 6.04 Å². The van der Waals surface area contributed by atoms with Crippen LogP contribution in [0.1, 0.15) is 22.8 Å². The summed E-state index contributed by atoms with van der Waals surface area (Å²) in [5.74, 6) is -0.859. The predicted octanol–water partition coefficient (Wildman–Crippen LogP) is 0.906. The van der Waals surface area contributed by atoms with Gasteiger partial charge < -0.3 is 15.2 Å². The van der Waals surface area contributed by atoms with Crippen LogP contribution in [0.3, 0.4) is 0 Å². The lowest BCUT2D eigenvalue weighted by Crippen LogP contribution is -2.34. The highest BCUT2D eigenvalue weighted by Gasteiger charge is 2.15. The summed E-state index contributed by atoms with van der Waals surface area (Å²) < 4.78 is 9.44. The minimum Gasteiger partial charge on any atom is -0.465 e. The first kappa shape index (κ1) is 14.2. The van der Waals surface area contributed by atoms with Crippen molar-refractivity contribution in [2.45, 2.75) is 19.4 Å². The second-order valence-corrected chi connectivity index (χ2v) is 3.75. The first-order chi connectivity index (χ1) is 8.58. The largest absolute Gasteiger partial charge is 0.465 e. The first-order valence-electron chi connectivity index (χ1n) is 5.68. The minimum absolute atomic E-state index is 0.300. The molecule has 5 heteroatoms. The third-order valence-corrected chi connectivity index (χ3v) is 2.39. The van der Waals surface area contributed by atoms with E-state index in [2.05, 4.69) is 4.74 Å². The molecule has 0 fully saturated rings. The molecular formula is C13H17NO4. The number of esters is 2. The molecule has 0 radical (unpaired) electrons. The lowest BCUT2D eigenvalue weighted by atomic mass is 10.0. The van der Waals surface area contributed by atoms with Crippen LogP contribution in [-0.2, 0) is 20.7 Å². The van der Waals surface area contributed by atoms with Gasteiger partial charge in [0.15, 0.2) is 0 Å². The molecule has 0 bridgehead atoms. The van der Waals surface area contributed by atoms with E-state index < -0.39 is 18.0 Å². The van der Waals surface area contributed by atoms with E-state index in [-0.39, 0.29) is 0 Å². The molecule has 1 atom stereocenters. The lowest BCUT2D eigenvalue weighted by Gasteiger charge is -2.11. The average Bonchev–Trinajstić information content (AvgIpc) is 2.38. The van der Waals surface area contributed by atoms with Crippen LogP contribution in [0.15, 0.2) is 24.3 Å². The van der Waals surface area contributed by atoms with Crippen LogP contribution in [0.2, 0.25) is 0 Å². The van der Waals surface area contributed by atoms with E-state index in [1.807, 2.05) is 0 Å². The summed E-state index contributed by atoms with van der Waals surface area (Å²) >= 11 is 0. The van der Waals surface area contributed by atoms with E-state index in [4.69, 9.17) is 10.5 Å². The average molecular weight is 251 g/mol. The van der Waals surface area contributed by atoms with Crippen molar-refractivity contribution in [2.75, 3.05) is 13.7 Å². The van der Waals surface area contributed by atoms with E-state index >= 15 is 0 Å². The zero-order chi connectivity index (χ0) is 13.5. The number of ether oxygens (including phenoxy) is 2. The predicted molar refractivity (Wildman–Crippen MR) is 66.1 cm³/mol. The van der Waals surface area contributed by atoms with E-state index in [1.165, 1.54) is 7.11 Å². The van der Waals surface area contributed by atoms with Gasteiger partial charge in [-0.25, -0.2) is 4.79 Å². The number of methoxy groups -OCH3 is 1. The smallest absolute Gasteiger partial charge is 0.337 e. The topological polar surface area (TPSA) is 78.6 Å². The molecule has 18 heavy (non-hydrogen) atoms. The maximum Gasteiger partial charge on any atom is 0.337 e. The zero-order valence-electron chi connectivity index (χ0n) is 10.5. The van der Waals surface area contributed by atoms with Crippen molar-refractivity contribution in [1.82, 2.24) is 0 Å². The van der Waals surface area contributed by atoms with Gasteiger partial charge in [-0.3, -0.25) is 4.79 Å². The summed E-state index contributed by atoms with van der Waals surface area (Å²) in [7, 11) is 1.32. The van der Waals surface area contributed by atoms with Gasteiger partial charge in [-0.15, -0.1) is 0 Å². The number of rotatable bonds is 5. The van der Waals surface area contributed by atoms with Gasteiger partial charge in [0.05, 0.1) is 19.3 Å². The molecule has 2 N–H and O–H groups in total. The first-order valence-corrected chi connectivity index (χ1v) is 5.68. The Morgan fingerprint density at radius 2 is 2.11 bits per heavy atom. The fraction of sp³-hybridized carbons (Fsp3) is 0.385. The Morgan fingerprint density at radius 1 is 1.39 bits per heavy atom. The summed E-state index contributed by atoms with van der Waals surface area (Å²) in [6.45, 7) is 2.03. The van der Waals surface area contributed by atoms with Crippen LogP contribution < -0.4 is 5.73 Å². The highest BCUT2D eigenvalue weighted by Crippen LogP contribution is 2.09. The fourth-order valence-corrected chi connectivity index (χ4v) is 1.53. The number of carbonyl (C=O) groups is 2. The van der Waals surface area contributed by atoms with Crippen molar-refractivity contribution in [1.29, 1.82) is 0 Å². The fourth-order valence-electron chi connectivity index (χ4n) is 1.53. The molecule has 0 saturated carbocycles. The molecular weight excluding hydrogens is 234 g/mol. The molecule has 0 aliphatic carbocycles. The summed E-state index contributed by atoms with van der Waals surface area (Å²) in [6, 6.07) is 6.10. The summed E-state index contributed by atoms with van der Waals surface area (Å²) in [5, 5.41) is 0. The number of hydrogen-bond acceptors (Lipinski definition) is 5. The Balaban J connectivity index is 2.73. The van der Waals surface area contributed by atoms with E-state index in [1.54, 1.807) is 31.2 Å². The molecule has 1 aromatic rings. The van der Waals surface area contributed by atoms with Crippen LogP contribution >= 0.6 is 0 Å². The van der Waals surface area contributed by atoms with Crippen LogP contribution in [0.5, 0.6) is 0 Å². The summed E-state index contributed by atoms with van der Waals surface area (Å²) in [5.41, 5.74) is 6.93. The summed E-state index contributed by atoms with van der Waals surface area (Å²) in [4.78, 5) is 22.7. The number of hydrogen-bond donors (Lipinski definition) is 1. The maximum atomic E-state index is 11.4. The van der Waals surface area contributed by atoms with Crippen molar-refractivity contribution in [3.63, 3.8) is 0 Å². The molecule has 0 spiro atoms. The number of benzene rings is 1. The molecule has 0 aliphatic rings. The van der Waals surface area contributed by atoms with Crippen molar-refractivity contribution < 1.29 is 19.1 Å². The van der Waals surface area contributed by atoms with Crippen molar-refractivity contribution in [2.24, 2.45) is 5.73 Å². The Bertz CT molecular complexity index is 431. The van der Waals surface area contributed by atoms with Crippen LogP contribution in [0, 0.1) is 0 Å². The van der Waals surface area contributed by atoms with Gasteiger partial charge in [0, 0.05) is 0 Å². The Morgan fingerprint density at radius 3 is 2.72 bits per heavy atom. The second kappa shape index (κ2) is 6.76. The van der Waals surface area contributed by atoms with E-state index in [9.17, 15) is 9.59 Å². The Hall–Kier alpha value is -1.88. The highest BCUT2D eigenvalue weighted by molar-refractivity contribution is 5.89. The van der Waals surface area contributed by atoms with Crippen molar-refractivity contribution >= 4 is 11.9 Å². The van der Waals surface area contributed by atoms with E-state index in [0.717, 1.165) is 5.56 Å². The number of carbonyl (C=O) groups excluding carboxylic acids is 2. The highest BCUT2D eigenvalue weighted by atomic mass is 16.5. The van der Waals surface area contributed by atoms with Gasteiger partial charge in [-0.2, -0.15) is 0 Å². The molecule has 0 aromatic heterocycles. The van der Waals surface area contributed by atoms with Gasteiger partial charge in [-0.1, -0.05) is 12.1 Å². The quantitative estimate of drug-likeness (QED) is 0.787. The standard InChI is InChI=1S/C13H17NO4/c1-3-18-13(16)11(14)8-9-5-4-6-10(7-9)12(15)17-2/h4-7,11H,3,8,14H2,1-2H3. The van der Waals surface area contributed by atoms with Crippen LogP contribution in [0.4, 0.5) is 0 Å². The third kappa shape index (κ3) is 3.85. The molecule has 1 unspecified atom stereocenters. The third-order valence-electron chi connectivity index (χ3n) is 2.39. The van der Waals surface area contributed by atoms with E-state index in [0.29, 0.717) is 18.6 Å². The normalized spacial score (nSPS) is 11.7. The van der Waals surface area contributed by atoms with Gasteiger partial charge >= 0.3 is 11.9 Å². The van der Waals surface area contributed by atoms with Crippen LogP contribution in [-0.4, -0.2) is 31.7 Å². The molecule has 0 amide bonds. The SMILES string of the molecule is CCOC(=O)C(N)Cc1cccc(C(=O)OC)c1. The molecule has 0 saturated heterocycles. The van der Waals surface area contributed by atoms with Gasteiger partial charge in [0.25, 0.3) is 0 Å². The molecule has 1 rings (SSSR count). The molecule has 0 heterocycles. The Labute approximate surface area is 106 Å². The molecule has 5 nitrogen and oxygen atoms in total. The monoisotopic (exact) mass is 251 g/mol. The van der Waals surface area contributed by atoms with Gasteiger partial charge in [-0.05, 0) is 31.0 Å². The van der Waals surface area contributed by atoms with Crippen molar-refractivity contribution in [3.05, 3.63) is 35.4 Å². The van der Waals surface area contributed by atoms with Gasteiger partial charge in [0.2, 0.25) is 0 Å². The Kier molecular flexibility index (Phi) is 5.32. The molecule has 0 aliphatic heterocycles. The molecule has 98 valence electrons. The van der Waals surface area contributed by atoms with Crippen molar-refractivity contribution in [3.8, 4) is 0 Å².